The molecule has 1 aliphatic carbocycles. The SMILES string of the molecule is COc1cc(CC(=O)c2csc3cnc(N[C@H]4CCCC[C@H]4N)nc23)cc(OC)c1OC. The van der Waals surface area contributed by atoms with Gasteiger partial charge in [0.25, 0.3) is 0 Å². The fraction of sp³-hybridized carbons (Fsp3) is 0.435. The van der Waals surface area contributed by atoms with E-state index in [0.29, 0.717) is 34.3 Å². The zero-order valence-corrected chi connectivity index (χ0v) is 19.3. The molecule has 0 saturated heterocycles. The van der Waals surface area contributed by atoms with Crippen LogP contribution in [0.15, 0.2) is 23.7 Å². The van der Waals surface area contributed by atoms with Crippen molar-refractivity contribution in [1.82, 2.24) is 9.97 Å². The Morgan fingerprint density at radius 3 is 2.53 bits per heavy atom. The Morgan fingerprint density at radius 1 is 1.16 bits per heavy atom. The van der Waals surface area contributed by atoms with Gasteiger partial charge >= 0.3 is 0 Å². The minimum absolute atomic E-state index is 0.0375. The van der Waals surface area contributed by atoms with E-state index in [1.165, 1.54) is 11.3 Å². The van der Waals surface area contributed by atoms with E-state index in [4.69, 9.17) is 19.9 Å². The predicted molar refractivity (Wildman–Crippen MR) is 125 cm³/mol. The van der Waals surface area contributed by atoms with E-state index in [2.05, 4.69) is 15.3 Å². The molecular formula is C23H28N4O4S. The minimum atomic E-state index is -0.0375. The lowest BCUT2D eigenvalue weighted by atomic mass is 9.91. The van der Waals surface area contributed by atoms with Crippen molar-refractivity contribution in [3.8, 4) is 17.2 Å². The van der Waals surface area contributed by atoms with E-state index in [9.17, 15) is 4.79 Å². The Bertz CT molecular complexity index is 1090. The predicted octanol–water partition coefficient (Wildman–Crippen LogP) is 3.82. The number of ketones is 1. The molecule has 32 heavy (non-hydrogen) atoms. The van der Waals surface area contributed by atoms with Crippen LogP contribution in [0.5, 0.6) is 17.2 Å². The van der Waals surface area contributed by atoms with Gasteiger partial charge in [-0.2, -0.15) is 0 Å². The molecule has 3 N–H and O–H groups in total. The van der Waals surface area contributed by atoms with E-state index in [1.807, 2.05) is 5.38 Å². The number of methoxy groups -OCH3 is 3. The third-order valence-electron chi connectivity index (χ3n) is 5.84. The van der Waals surface area contributed by atoms with Gasteiger partial charge in [0.1, 0.15) is 0 Å². The number of nitrogens with zero attached hydrogens (tertiary/aromatic N) is 2. The number of nitrogens with one attached hydrogen (secondary N) is 1. The van der Waals surface area contributed by atoms with E-state index in [1.54, 1.807) is 39.7 Å². The third-order valence-corrected chi connectivity index (χ3v) is 6.74. The maximum absolute atomic E-state index is 13.2. The fourth-order valence-electron chi connectivity index (χ4n) is 4.12. The summed E-state index contributed by atoms with van der Waals surface area (Å²) in [6.45, 7) is 0. The highest BCUT2D eigenvalue weighted by Crippen LogP contribution is 2.38. The number of fused-ring (bicyclic) bond motifs is 1. The van der Waals surface area contributed by atoms with E-state index < -0.39 is 0 Å². The summed E-state index contributed by atoms with van der Waals surface area (Å²) in [6.07, 6.45) is 6.24. The Labute approximate surface area is 191 Å². The number of benzene rings is 1. The van der Waals surface area contributed by atoms with Crippen molar-refractivity contribution >= 4 is 33.3 Å². The highest BCUT2D eigenvalue weighted by atomic mass is 32.1. The van der Waals surface area contributed by atoms with Crippen LogP contribution in [0.1, 0.15) is 41.6 Å². The molecule has 2 aromatic heterocycles. The third kappa shape index (κ3) is 4.49. The minimum Gasteiger partial charge on any atom is -0.493 e. The summed E-state index contributed by atoms with van der Waals surface area (Å²) in [6, 6.07) is 3.82. The van der Waals surface area contributed by atoms with Crippen molar-refractivity contribution in [3.63, 3.8) is 0 Å². The molecule has 2 atom stereocenters. The molecule has 3 aromatic rings. The quantitative estimate of drug-likeness (QED) is 0.493. The van der Waals surface area contributed by atoms with E-state index >= 15 is 0 Å². The molecule has 1 aliphatic rings. The van der Waals surface area contributed by atoms with Crippen LogP contribution >= 0.6 is 11.3 Å². The molecule has 9 heteroatoms. The summed E-state index contributed by atoms with van der Waals surface area (Å²) in [5.74, 6) is 2.01. The molecule has 2 heterocycles. The van der Waals surface area contributed by atoms with Crippen LogP contribution in [0.25, 0.3) is 10.2 Å². The van der Waals surface area contributed by atoms with Crippen LogP contribution in [-0.2, 0) is 6.42 Å². The molecule has 1 saturated carbocycles. The Hall–Kier alpha value is -2.91. The first kappa shape index (κ1) is 22.3. The Balaban J connectivity index is 1.59. The monoisotopic (exact) mass is 456 g/mol. The molecule has 0 amide bonds. The molecule has 0 spiro atoms. The number of carbonyl (C=O) groups is 1. The van der Waals surface area contributed by atoms with E-state index in [0.717, 1.165) is 35.9 Å². The lowest BCUT2D eigenvalue weighted by Crippen LogP contribution is -2.42. The summed E-state index contributed by atoms with van der Waals surface area (Å²) < 4.78 is 17.0. The number of rotatable bonds is 8. The molecule has 4 rings (SSSR count). The second-order valence-electron chi connectivity index (χ2n) is 7.89. The highest BCUT2D eigenvalue weighted by Gasteiger charge is 2.23. The topological polar surface area (TPSA) is 109 Å². The maximum Gasteiger partial charge on any atom is 0.223 e. The van der Waals surface area contributed by atoms with Crippen molar-refractivity contribution in [3.05, 3.63) is 34.8 Å². The van der Waals surface area contributed by atoms with Crippen LogP contribution < -0.4 is 25.3 Å². The molecule has 0 radical (unpaired) electrons. The molecule has 170 valence electrons. The van der Waals surface area contributed by atoms with Gasteiger partial charge in [-0.3, -0.25) is 4.79 Å². The lowest BCUT2D eigenvalue weighted by molar-refractivity contribution is 0.0994. The number of carbonyl (C=O) groups excluding carboxylic acids is 1. The number of anilines is 1. The first-order valence-electron chi connectivity index (χ1n) is 10.6. The Kier molecular flexibility index (Phi) is 6.76. The number of nitrogens with two attached hydrogens (primary N) is 1. The number of aromatic nitrogens is 2. The first-order valence-corrected chi connectivity index (χ1v) is 11.5. The average molecular weight is 457 g/mol. The van der Waals surface area contributed by atoms with Gasteiger partial charge in [-0.25, -0.2) is 9.97 Å². The van der Waals surface area contributed by atoms with Gasteiger partial charge in [-0.1, -0.05) is 12.8 Å². The summed E-state index contributed by atoms with van der Waals surface area (Å²) in [4.78, 5) is 22.3. The molecule has 8 nitrogen and oxygen atoms in total. The van der Waals surface area contributed by atoms with Crippen LogP contribution in [0.2, 0.25) is 0 Å². The van der Waals surface area contributed by atoms with Crippen molar-refractivity contribution < 1.29 is 19.0 Å². The van der Waals surface area contributed by atoms with Crippen LogP contribution in [0.3, 0.4) is 0 Å². The zero-order chi connectivity index (χ0) is 22.7. The summed E-state index contributed by atoms with van der Waals surface area (Å²) in [5.41, 5.74) is 8.26. The highest BCUT2D eigenvalue weighted by molar-refractivity contribution is 7.17. The molecule has 1 aromatic carbocycles. The van der Waals surface area contributed by atoms with Crippen LogP contribution in [-0.4, -0.2) is 49.2 Å². The van der Waals surface area contributed by atoms with Gasteiger partial charge in [0.15, 0.2) is 17.3 Å². The second kappa shape index (κ2) is 9.70. The van der Waals surface area contributed by atoms with Gasteiger partial charge in [-0.15, -0.1) is 11.3 Å². The smallest absolute Gasteiger partial charge is 0.223 e. The molecule has 0 bridgehead atoms. The Morgan fingerprint density at radius 2 is 1.88 bits per heavy atom. The normalized spacial score (nSPS) is 18.4. The fourth-order valence-corrected chi connectivity index (χ4v) is 4.99. The lowest BCUT2D eigenvalue weighted by Gasteiger charge is -2.29. The number of ether oxygens (including phenoxy) is 3. The van der Waals surface area contributed by atoms with Gasteiger partial charge < -0.3 is 25.3 Å². The molecular weight excluding hydrogens is 428 g/mol. The zero-order valence-electron chi connectivity index (χ0n) is 18.5. The van der Waals surface area contributed by atoms with Crippen molar-refractivity contribution in [1.29, 1.82) is 0 Å². The first-order chi connectivity index (χ1) is 15.5. The number of thiophene rings is 1. The number of hydrogen-bond acceptors (Lipinski definition) is 9. The maximum atomic E-state index is 13.2. The van der Waals surface area contributed by atoms with Crippen molar-refractivity contribution in [2.24, 2.45) is 5.73 Å². The van der Waals surface area contributed by atoms with Crippen molar-refractivity contribution in [2.75, 3.05) is 26.6 Å². The average Bonchev–Trinajstić information content (AvgIpc) is 3.23. The molecule has 0 unspecified atom stereocenters. The number of Topliss-reactive ketones (excluding diaryl/α,β-unsaturated/α-hetero) is 1. The molecule has 0 aliphatic heterocycles. The summed E-state index contributed by atoms with van der Waals surface area (Å²) in [5, 5.41) is 5.21. The van der Waals surface area contributed by atoms with Gasteiger partial charge in [0.05, 0.1) is 43.3 Å². The number of hydrogen-bond donors (Lipinski definition) is 2. The van der Waals surface area contributed by atoms with Crippen LogP contribution in [0.4, 0.5) is 5.95 Å². The summed E-state index contributed by atoms with van der Waals surface area (Å²) >= 11 is 1.46. The summed E-state index contributed by atoms with van der Waals surface area (Å²) in [7, 11) is 4.66. The van der Waals surface area contributed by atoms with Gasteiger partial charge in [0.2, 0.25) is 11.7 Å². The standard InChI is InChI=1S/C23H28N4O4S/c1-29-18-9-13(10-19(30-2)22(18)31-3)8-17(28)14-12-32-20-11-25-23(27-21(14)20)26-16-7-5-4-6-15(16)24/h9-12,15-16H,4-8,24H2,1-3H3,(H,25,26,27)/t15-,16+/m1/s1. The van der Waals surface area contributed by atoms with Gasteiger partial charge in [-0.05, 0) is 30.5 Å². The van der Waals surface area contributed by atoms with E-state index in [-0.39, 0.29) is 24.3 Å². The molecule has 1 fully saturated rings. The second-order valence-corrected chi connectivity index (χ2v) is 8.80. The largest absolute Gasteiger partial charge is 0.493 e. The van der Waals surface area contributed by atoms with Gasteiger partial charge in [0, 0.05) is 23.9 Å². The van der Waals surface area contributed by atoms with Crippen LogP contribution in [0, 0.1) is 0 Å². The van der Waals surface area contributed by atoms with Crippen molar-refractivity contribution in [2.45, 2.75) is 44.2 Å².